The van der Waals surface area contributed by atoms with E-state index in [9.17, 15) is 22.8 Å². The van der Waals surface area contributed by atoms with Gasteiger partial charge in [-0.1, -0.05) is 16.8 Å². The molecule has 1 aliphatic rings. The van der Waals surface area contributed by atoms with Crippen LogP contribution in [0.15, 0.2) is 39.8 Å². The molecule has 3 aromatic heterocycles. The van der Waals surface area contributed by atoms with Crippen molar-refractivity contribution in [2.75, 3.05) is 13.1 Å². The first-order chi connectivity index (χ1) is 18.3. The number of hydrogen-bond acceptors (Lipinski definition) is 7. The highest BCUT2D eigenvalue weighted by molar-refractivity contribution is 5.73. The summed E-state index contributed by atoms with van der Waals surface area (Å²) in [5, 5.41) is 8.28. The van der Waals surface area contributed by atoms with Crippen molar-refractivity contribution < 1.29 is 27.2 Å². The van der Waals surface area contributed by atoms with Gasteiger partial charge >= 0.3 is 12.3 Å². The quantitative estimate of drug-likeness (QED) is 0.377. The Morgan fingerprint density at radius 2 is 1.85 bits per heavy atom. The summed E-state index contributed by atoms with van der Waals surface area (Å²) in [6.45, 7) is 7.89. The van der Waals surface area contributed by atoms with E-state index in [-0.39, 0.29) is 34.8 Å². The van der Waals surface area contributed by atoms with Gasteiger partial charge in [0.1, 0.15) is 11.2 Å². The minimum atomic E-state index is -4.61. The highest BCUT2D eigenvalue weighted by Gasteiger charge is 2.35. The molecule has 10 nitrogen and oxygen atoms in total. The van der Waals surface area contributed by atoms with Crippen LogP contribution in [0.1, 0.15) is 56.4 Å². The van der Waals surface area contributed by atoms with Gasteiger partial charge in [0.25, 0.3) is 11.4 Å². The molecule has 1 amide bonds. The molecule has 5 rings (SSSR count). The molecular formula is C26H27F3N6O4. The SMILES string of the molecule is Cc1ccc(-c2nc(-c3cnn4c(C5CCN(C(=O)OC(C)(C)C)CC5)cc(=O)[nH]c34)no2)c(C(F)(F)F)c1. The number of carbonyl (C=O) groups excluding carboxylic acids is 1. The number of ether oxygens (including phenoxy) is 1. The Morgan fingerprint density at radius 3 is 2.51 bits per heavy atom. The molecule has 1 aliphatic heterocycles. The number of rotatable bonds is 3. The van der Waals surface area contributed by atoms with Crippen molar-refractivity contribution in [3.63, 3.8) is 0 Å². The molecule has 0 bridgehead atoms. The number of benzene rings is 1. The molecule has 4 heterocycles. The number of amides is 1. The summed E-state index contributed by atoms with van der Waals surface area (Å²) in [6, 6.07) is 5.30. The fourth-order valence-corrected chi connectivity index (χ4v) is 4.67. The van der Waals surface area contributed by atoms with E-state index in [1.54, 1.807) is 16.3 Å². The van der Waals surface area contributed by atoms with Gasteiger partial charge in [-0.25, -0.2) is 9.31 Å². The number of aromatic amines is 1. The number of nitrogens with one attached hydrogen (secondary N) is 1. The molecule has 0 atom stereocenters. The zero-order valence-corrected chi connectivity index (χ0v) is 21.8. The van der Waals surface area contributed by atoms with E-state index in [1.807, 2.05) is 20.8 Å². The van der Waals surface area contributed by atoms with Crippen LogP contribution in [-0.4, -0.2) is 54.4 Å². The van der Waals surface area contributed by atoms with Gasteiger partial charge in [-0.2, -0.15) is 23.3 Å². The van der Waals surface area contributed by atoms with Crippen molar-refractivity contribution in [1.82, 2.24) is 29.6 Å². The number of aromatic nitrogens is 5. The summed E-state index contributed by atoms with van der Waals surface area (Å²) in [5.41, 5.74) is -0.423. The number of aryl methyl sites for hydroxylation is 1. The standard InChI is InChI=1S/C26H27F3N6O4/c1-14-5-6-16(18(11-14)26(27,28)29)23-32-21(33-39-23)17-13-30-35-19(12-20(36)31-22(17)35)15-7-9-34(10-8-15)24(37)38-25(2,3)4/h5-6,11-13,15H,7-10H2,1-4H3,(H,31,36). The molecule has 1 aromatic carbocycles. The first-order valence-corrected chi connectivity index (χ1v) is 12.4. The van der Waals surface area contributed by atoms with Gasteiger partial charge in [-0.3, -0.25) is 4.79 Å². The number of piperidine rings is 1. The Morgan fingerprint density at radius 1 is 1.13 bits per heavy atom. The van der Waals surface area contributed by atoms with Crippen molar-refractivity contribution in [3.8, 4) is 22.8 Å². The maximum Gasteiger partial charge on any atom is 0.417 e. The predicted molar refractivity (Wildman–Crippen MR) is 134 cm³/mol. The van der Waals surface area contributed by atoms with E-state index in [4.69, 9.17) is 9.26 Å². The third-order valence-corrected chi connectivity index (χ3v) is 6.48. The molecule has 1 saturated heterocycles. The Hall–Kier alpha value is -4.16. The average Bonchev–Trinajstić information content (AvgIpc) is 3.49. The lowest BCUT2D eigenvalue weighted by atomic mass is 9.93. The van der Waals surface area contributed by atoms with Crippen LogP contribution >= 0.6 is 0 Å². The minimum Gasteiger partial charge on any atom is -0.444 e. The molecule has 0 saturated carbocycles. The van der Waals surface area contributed by atoms with Crippen molar-refractivity contribution in [3.05, 3.63) is 57.6 Å². The maximum absolute atomic E-state index is 13.6. The molecule has 0 unspecified atom stereocenters. The zero-order chi connectivity index (χ0) is 28.1. The second-order valence-corrected chi connectivity index (χ2v) is 10.6. The van der Waals surface area contributed by atoms with Gasteiger partial charge in [0.15, 0.2) is 0 Å². The van der Waals surface area contributed by atoms with Crippen LogP contribution in [-0.2, 0) is 10.9 Å². The van der Waals surface area contributed by atoms with Crippen LogP contribution in [0.4, 0.5) is 18.0 Å². The number of halogens is 3. The Balaban J connectivity index is 1.44. The normalized spacial score (nSPS) is 15.2. The van der Waals surface area contributed by atoms with Crippen LogP contribution in [0.5, 0.6) is 0 Å². The van der Waals surface area contributed by atoms with Crippen LogP contribution in [0.25, 0.3) is 28.5 Å². The third-order valence-electron chi connectivity index (χ3n) is 6.48. The van der Waals surface area contributed by atoms with E-state index >= 15 is 0 Å². The van der Waals surface area contributed by atoms with E-state index < -0.39 is 17.3 Å². The summed E-state index contributed by atoms with van der Waals surface area (Å²) in [6.07, 6.45) is -2.38. The molecule has 1 N–H and O–H groups in total. The van der Waals surface area contributed by atoms with Crippen molar-refractivity contribution in [2.24, 2.45) is 0 Å². The highest BCUT2D eigenvalue weighted by Crippen LogP contribution is 2.38. The fourth-order valence-electron chi connectivity index (χ4n) is 4.67. The lowest BCUT2D eigenvalue weighted by Crippen LogP contribution is -2.41. The smallest absolute Gasteiger partial charge is 0.417 e. The summed E-state index contributed by atoms with van der Waals surface area (Å²) in [4.78, 5) is 33.6. The number of likely N-dealkylation sites (tertiary alicyclic amines) is 1. The third kappa shape index (κ3) is 5.38. The van der Waals surface area contributed by atoms with Crippen molar-refractivity contribution in [1.29, 1.82) is 0 Å². The molecule has 4 aromatic rings. The van der Waals surface area contributed by atoms with Gasteiger partial charge < -0.3 is 19.1 Å². The lowest BCUT2D eigenvalue weighted by Gasteiger charge is -2.33. The first kappa shape index (κ1) is 26.4. The summed E-state index contributed by atoms with van der Waals surface area (Å²) in [7, 11) is 0. The van der Waals surface area contributed by atoms with E-state index in [0.717, 1.165) is 6.07 Å². The van der Waals surface area contributed by atoms with Gasteiger partial charge in [-0.05, 0) is 52.7 Å². The fraction of sp³-hybridized carbons (Fsp3) is 0.423. The molecule has 1 fully saturated rings. The number of alkyl halides is 3. The summed E-state index contributed by atoms with van der Waals surface area (Å²) in [5.74, 6) is -0.380. The zero-order valence-electron chi connectivity index (χ0n) is 21.8. The average molecular weight is 545 g/mol. The minimum absolute atomic E-state index is 0.0127. The van der Waals surface area contributed by atoms with Crippen LogP contribution in [0, 0.1) is 6.92 Å². The molecule has 13 heteroatoms. The Bertz CT molecular complexity index is 1590. The van der Waals surface area contributed by atoms with Gasteiger partial charge in [0, 0.05) is 25.1 Å². The molecular weight excluding hydrogens is 517 g/mol. The topological polar surface area (TPSA) is 119 Å². The number of nitrogens with zero attached hydrogens (tertiary/aromatic N) is 5. The predicted octanol–water partition coefficient (Wildman–Crippen LogP) is 5.18. The monoisotopic (exact) mass is 544 g/mol. The van der Waals surface area contributed by atoms with E-state index in [2.05, 4.69) is 20.2 Å². The number of hydrogen-bond donors (Lipinski definition) is 1. The van der Waals surface area contributed by atoms with Gasteiger partial charge in [0.2, 0.25) is 5.82 Å². The van der Waals surface area contributed by atoms with Crippen molar-refractivity contribution in [2.45, 2.75) is 58.2 Å². The van der Waals surface area contributed by atoms with Gasteiger partial charge in [-0.15, -0.1) is 0 Å². The maximum atomic E-state index is 13.6. The van der Waals surface area contributed by atoms with E-state index in [0.29, 0.717) is 48.4 Å². The Labute approximate surface area is 220 Å². The number of fused-ring (bicyclic) bond motifs is 1. The molecule has 0 radical (unpaired) electrons. The second-order valence-electron chi connectivity index (χ2n) is 10.6. The summed E-state index contributed by atoms with van der Waals surface area (Å²) < 4.78 is 53.1. The molecule has 0 spiro atoms. The Kier molecular flexibility index (Phi) is 6.47. The number of carbonyl (C=O) groups is 1. The second kappa shape index (κ2) is 9.54. The highest BCUT2D eigenvalue weighted by atomic mass is 19.4. The van der Waals surface area contributed by atoms with Gasteiger partial charge in [0.05, 0.1) is 28.6 Å². The number of H-pyrrole nitrogens is 1. The van der Waals surface area contributed by atoms with Crippen molar-refractivity contribution >= 4 is 11.7 Å². The lowest BCUT2D eigenvalue weighted by molar-refractivity contribution is -0.137. The molecule has 39 heavy (non-hydrogen) atoms. The molecule has 206 valence electrons. The van der Waals surface area contributed by atoms with Crippen LogP contribution < -0.4 is 5.56 Å². The molecule has 0 aliphatic carbocycles. The van der Waals surface area contributed by atoms with Crippen LogP contribution in [0.2, 0.25) is 0 Å². The largest absolute Gasteiger partial charge is 0.444 e. The first-order valence-electron chi connectivity index (χ1n) is 12.4. The van der Waals surface area contributed by atoms with E-state index in [1.165, 1.54) is 24.4 Å². The summed E-state index contributed by atoms with van der Waals surface area (Å²) >= 11 is 0. The van der Waals surface area contributed by atoms with Crippen LogP contribution in [0.3, 0.4) is 0 Å².